The summed E-state index contributed by atoms with van der Waals surface area (Å²) in [4.78, 5) is 15.0. The van der Waals surface area contributed by atoms with Crippen molar-refractivity contribution in [2.24, 2.45) is 21.6 Å². The largest absolute Gasteiger partial charge is 0.386 e. The Morgan fingerprint density at radius 2 is 1.89 bits per heavy atom. The number of non-ortho nitro benzene ring substituents is 1. The molecule has 9 nitrogen and oxygen atoms in total. The highest BCUT2D eigenvalue weighted by Gasteiger charge is 2.93. The molecule has 0 bridgehead atoms. The summed E-state index contributed by atoms with van der Waals surface area (Å²) in [5, 5.41) is 31.4. The Morgan fingerprint density at radius 1 is 1.25 bits per heavy atom. The number of amidine groups is 1. The van der Waals surface area contributed by atoms with Crippen LogP contribution in [0.4, 0.5) is 5.69 Å². The molecule has 2 aliphatic rings. The van der Waals surface area contributed by atoms with Gasteiger partial charge in [0.25, 0.3) is 11.6 Å². The van der Waals surface area contributed by atoms with Crippen molar-refractivity contribution in [2.45, 2.75) is 38.5 Å². The molecule has 28 heavy (non-hydrogen) atoms. The van der Waals surface area contributed by atoms with Crippen molar-refractivity contribution in [3.8, 4) is 12.1 Å². The van der Waals surface area contributed by atoms with E-state index in [1.807, 2.05) is 13.8 Å². The van der Waals surface area contributed by atoms with E-state index in [2.05, 4.69) is 17.1 Å². The fraction of sp³-hybridized carbons (Fsp3) is 0.526. The number of hydrogen-bond donors (Lipinski definition) is 1. The zero-order valence-corrected chi connectivity index (χ0v) is 15.7. The van der Waals surface area contributed by atoms with E-state index in [9.17, 15) is 20.6 Å². The fourth-order valence-corrected chi connectivity index (χ4v) is 4.16. The highest BCUT2D eigenvalue weighted by Crippen LogP contribution is 2.82. The molecule has 1 heterocycles. The second-order valence-electron chi connectivity index (χ2n) is 6.90. The molecule has 0 amide bonds. The van der Waals surface area contributed by atoms with Crippen LogP contribution in [0, 0.1) is 43.6 Å². The lowest BCUT2D eigenvalue weighted by molar-refractivity contribution is -0.384. The van der Waals surface area contributed by atoms with Gasteiger partial charge in [-0.15, -0.1) is 0 Å². The molecule has 0 spiro atoms. The topological polar surface area (TPSA) is 148 Å². The lowest BCUT2D eigenvalue weighted by atomic mass is 9.93. The highest BCUT2D eigenvalue weighted by atomic mass is 16.7. The van der Waals surface area contributed by atoms with Gasteiger partial charge in [-0.05, 0) is 18.4 Å². The van der Waals surface area contributed by atoms with E-state index in [4.69, 9.17) is 15.2 Å². The Bertz CT molecular complexity index is 910. The van der Waals surface area contributed by atoms with Gasteiger partial charge < -0.3 is 15.2 Å². The van der Waals surface area contributed by atoms with Crippen LogP contribution in [-0.4, -0.2) is 29.9 Å². The van der Waals surface area contributed by atoms with Gasteiger partial charge in [-0.2, -0.15) is 10.5 Å². The number of nitrogens with two attached hydrogens (primary N) is 1. The summed E-state index contributed by atoms with van der Waals surface area (Å²) < 4.78 is 11.8. The van der Waals surface area contributed by atoms with E-state index in [-0.39, 0.29) is 24.7 Å². The number of nitrogens with zero attached hydrogens (tertiary/aromatic N) is 4. The predicted octanol–water partition coefficient (Wildman–Crippen LogP) is 2.59. The molecule has 1 aromatic carbocycles. The number of ether oxygens (including phenoxy) is 2. The van der Waals surface area contributed by atoms with Gasteiger partial charge >= 0.3 is 0 Å². The van der Waals surface area contributed by atoms with Gasteiger partial charge in [0, 0.05) is 18.1 Å². The lowest BCUT2D eigenvalue weighted by Gasteiger charge is -2.32. The van der Waals surface area contributed by atoms with Crippen LogP contribution in [0.25, 0.3) is 0 Å². The van der Waals surface area contributed by atoms with E-state index >= 15 is 0 Å². The summed E-state index contributed by atoms with van der Waals surface area (Å²) in [5.41, 5.74) is 3.51. The molecule has 2 N–H and O–H groups in total. The number of nitro benzene ring substituents is 1. The van der Waals surface area contributed by atoms with Gasteiger partial charge in [-0.25, -0.2) is 4.99 Å². The minimum absolute atomic E-state index is 0.0414. The molecule has 1 fully saturated rings. The highest BCUT2D eigenvalue weighted by molar-refractivity contribution is 6.00. The molecule has 3 unspecified atom stereocenters. The maximum absolute atomic E-state index is 11.2. The number of nitriles is 2. The molecule has 0 aromatic heterocycles. The molecular formula is C19H21N5O4. The monoisotopic (exact) mass is 383 g/mol. The van der Waals surface area contributed by atoms with Crippen molar-refractivity contribution in [2.75, 3.05) is 13.2 Å². The van der Waals surface area contributed by atoms with E-state index in [0.29, 0.717) is 18.4 Å². The van der Waals surface area contributed by atoms with Gasteiger partial charge in [0.2, 0.25) is 0 Å². The Hall–Kier alpha value is -3.01. The normalized spacial score (nSPS) is 29.3. The van der Waals surface area contributed by atoms with Crippen LogP contribution in [0.5, 0.6) is 0 Å². The third-order valence-electron chi connectivity index (χ3n) is 5.35. The van der Waals surface area contributed by atoms with Crippen LogP contribution in [-0.2, 0) is 9.47 Å². The van der Waals surface area contributed by atoms with Crippen LogP contribution in [0.2, 0.25) is 0 Å². The number of benzene rings is 1. The Morgan fingerprint density at radius 3 is 2.39 bits per heavy atom. The summed E-state index contributed by atoms with van der Waals surface area (Å²) in [6.07, 6.45) is 1.30. The first-order valence-corrected chi connectivity index (χ1v) is 9.11. The van der Waals surface area contributed by atoms with Gasteiger partial charge in [0.1, 0.15) is 11.3 Å². The SMILES string of the molecule is CCCOC1(OCCC)N=C(N)C2(C#N)C(c3cccc([N+](=O)[O-])c3)C12C#N. The van der Waals surface area contributed by atoms with Crippen molar-refractivity contribution in [3.63, 3.8) is 0 Å². The Kier molecular flexibility index (Phi) is 4.84. The average Bonchev–Trinajstić information content (AvgIpc) is 3.29. The van der Waals surface area contributed by atoms with E-state index in [1.165, 1.54) is 18.2 Å². The molecule has 1 aliphatic carbocycles. The lowest BCUT2D eigenvalue weighted by Crippen LogP contribution is -2.44. The Labute approximate surface area is 162 Å². The minimum atomic E-state index is -1.72. The standard InChI is InChI=1S/C19H21N5O4/c1-3-8-27-19(28-9-4-2)18(12-21)15(17(18,11-20)16(22)23-19)13-6-5-7-14(10-13)24(25)26/h5-7,10,15H,3-4,8-9H2,1-2H3,(H2,22,23). The number of aliphatic imine (C=N–C) groups is 1. The molecule has 3 atom stereocenters. The number of hydrogen-bond acceptors (Lipinski definition) is 8. The van der Waals surface area contributed by atoms with E-state index in [0.717, 1.165) is 0 Å². The first kappa shape index (κ1) is 19.7. The van der Waals surface area contributed by atoms with Gasteiger partial charge in [-0.3, -0.25) is 10.1 Å². The molecule has 3 rings (SSSR count). The van der Waals surface area contributed by atoms with Crippen molar-refractivity contribution < 1.29 is 14.4 Å². The maximum atomic E-state index is 11.2. The Balaban J connectivity index is 2.18. The summed E-state index contributed by atoms with van der Waals surface area (Å²) in [6.45, 7) is 4.31. The molecule has 9 heteroatoms. The molecule has 1 aromatic rings. The van der Waals surface area contributed by atoms with Crippen molar-refractivity contribution >= 4 is 11.5 Å². The van der Waals surface area contributed by atoms with E-state index in [1.54, 1.807) is 6.07 Å². The average molecular weight is 383 g/mol. The second kappa shape index (κ2) is 6.86. The van der Waals surface area contributed by atoms with Crippen LogP contribution in [0.15, 0.2) is 29.3 Å². The second-order valence-corrected chi connectivity index (χ2v) is 6.90. The maximum Gasteiger partial charge on any atom is 0.293 e. The third-order valence-corrected chi connectivity index (χ3v) is 5.35. The van der Waals surface area contributed by atoms with Gasteiger partial charge in [0.05, 0.1) is 30.3 Å². The van der Waals surface area contributed by atoms with Crippen molar-refractivity contribution in [1.29, 1.82) is 10.5 Å². The van der Waals surface area contributed by atoms with Crippen molar-refractivity contribution in [1.82, 2.24) is 0 Å². The molecule has 1 saturated carbocycles. The van der Waals surface area contributed by atoms with Gasteiger partial charge in [0.15, 0.2) is 5.41 Å². The third kappa shape index (κ3) is 2.27. The summed E-state index contributed by atoms with van der Waals surface area (Å²) >= 11 is 0. The predicted molar refractivity (Wildman–Crippen MR) is 98.8 cm³/mol. The van der Waals surface area contributed by atoms with Crippen LogP contribution < -0.4 is 5.73 Å². The number of fused-ring (bicyclic) bond motifs is 1. The van der Waals surface area contributed by atoms with Gasteiger partial charge in [-0.1, -0.05) is 26.0 Å². The van der Waals surface area contributed by atoms with Crippen LogP contribution in [0.3, 0.4) is 0 Å². The van der Waals surface area contributed by atoms with E-state index < -0.39 is 27.6 Å². The quantitative estimate of drug-likeness (QED) is 0.412. The first-order chi connectivity index (χ1) is 13.4. The molecule has 1 aliphatic heterocycles. The summed E-state index contributed by atoms with van der Waals surface area (Å²) in [7, 11) is 0. The molecular weight excluding hydrogens is 362 g/mol. The zero-order valence-electron chi connectivity index (χ0n) is 15.7. The molecule has 146 valence electrons. The summed E-state index contributed by atoms with van der Waals surface area (Å²) in [6, 6.07) is 10.2. The smallest absolute Gasteiger partial charge is 0.293 e. The fourth-order valence-electron chi connectivity index (χ4n) is 4.16. The van der Waals surface area contributed by atoms with Crippen LogP contribution in [0.1, 0.15) is 38.2 Å². The van der Waals surface area contributed by atoms with Crippen LogP contribution >= 0.6 is 0 Å². The minimum Gasteiger partial charge on any atom is -0.386 e. The molecule has 0 saturated heterocycles. The zero-order chi connectivity index (χ0) is 20.6. The van der Waals surface area contributed by atoms with Crippen molar-refractivity contribution in [3.05, 3.63) is 39.9 Å². The number of rotatable bonds is 8. The number of nitro groups is 1. The summed E-state index contributed by atoms with van der Waals surface area (Å²) in [5.74, 6) is -2.51. The molecule has 0 radical (unpaired) electrons. The first-order valence-electron chi connectivity index (χ1n) is 9.11.